The van der Waals surface area contributed by atoms with Crippen molar-refractivity contribution in [3.8, 4) is 0 Å². The van der Waals surface area contributed by atoms with Crippen molar-refractivity contribution in [1.82, 2.24) is 0 Å². The van der Waals surface area contributed by atoms with Gasteiger partial charge < -0.3 is 0 Å². The average molecular weight is 352 g/mol. The Balaban J connectivity index is 2.05. The Morgan fingerprint density at radius 3 is 2.41 bits per heavy atom. The zero-order valence-corrected chi connectivity index (χ0v) is 14.6. The van der Waals surface area contributed by atoms with Gasteiger partial charge in [-0.25, -0.2) is 0 Å². The molecule has 2 nitrogen and oxygen atoms in total. The van der Waals surface area contributed by atoms with Crippen molar-refractivity contribution in [2.45, 2.75) is 19.2 Å². The van der Waals surface area contributed by atoms with Crippen molar-refractivity contribution in [3.05, 3.63) is 63.1 Å². The summed E-state index contributed by atoms with van der Waals surface area (Å²) in [6, 6.07) is 11.6. The Kier molecular flexibility index (Phi) is 4.40. The predicted octanol–water partition coefficient (Wildman–Crippen LogP) is 5.39. The van der Waals surface area contributed by atoms with Crippen LogP contribution in [0.1, 0.15) is 22.1 Å². The number of aryl methyl sites for hydroxylation is 2. The first-order valence-electron chi connectivity index (χ1n) is 6.92. The summed E-state index contributed by atoms with van der Waals surface area (Å²) in [4.78, 5) is 14.2. The van der Waals surface area contributed by atoms with Gasteiger partial charge in [0, 0.05) is 21.3 Å². The molecule has 0 saturated carbocycles. The third-order valence-electron chi connectivity index (χ3n) is 3.58. The van der Waals surface area contributed by atoms with Crippen LogP contribution < -0.4 is 4.90 Å². The van der Waals surface area contributed by atoms with Gasteiger partial charge in [0.15, 0.2) is 0 Å². The van der Waals surface area contributed by atoms with Crippen LogP contribution in [-0.4, -0.2) is 11.7 Å². The normalized spacial score (nSPS) is 18.1. The number of carbonyl (C=O) groups is 1. The predicted molar refractivity (Wildman–Crippen MR) is 95.1 cm³/mol. The minimum Gasteiger partial charge on any atom is -0.295 e. The molecule has 0 unspecified atom stereocenters. The van der Waals surface area contributed by atoms with Crippen LogP contribution in [0.5, 0.6) is 0 Å². The van der Waals surface area contributed by atoms with Crippen LogP contribution in [0.2, 0.25) is 10.0 Å². The quantitative estimate of drug-likeness (QED) is 0.722. The zero-order valence-electron chi connectivity index (χ0n) is 12.3. The smallest absolute Gasteiger partial charge is 0.238 e. The lowest BCUT2D eigenvalue weighted by molar-refractivity contribution is -0.115. The SMILES string of the molecule is Cc1cc(C)cc(N2C(=O)CS[C@@H]2c2ccc(Cl)cc2Cl)c1. The third-order valence-corrected chi connectivity index (χ3v) is 5.34. The van der Waals surface area contributed by atoms with Crippen LogP contribution in [0.3, 0.4) is 0 Å². The molecule has 1 fully saturated rings. The van der Waals surface area contributed by atoms with Gasteiger partial charge in [-0.05, 0) is 49.2 Å². The number of thioether (sulfide) groups is 1. The highest BCUT2D eigenvalue weighted by Crippen LogP contribution is 2.44. The van der Waals surface area contributed by atoms with Crippen LogP contribution in [0, 0.1) is 13.8 Å². The van der Waals surface area contributed by atoms with Crippen LogP contribution in [0.25, 0.3) is 0 Å². The Bertz CT molecular complexity index is 727. The molecule has 22 heavy (non-hydrogen) atoms. The lowest BCUT2D eigenvalue weighted by Crippen LogP contribution is -2.28. The number of rotatable bonds is 2. The van der Waals surface area contributed by atoms with Crippen molar-refractivity contribution in [2.24, 2.45) is 0 Å². The van der Waals surface area contributed by atoms with E-state index in [9.17, 15) is 4.79 Å². The molecule has 1 aliphatic rings. The molecule has 0 bridgehead atoms. The van der Waals surface area contributed by atoms with Crippen LogP contribution >= 0.6 is 35.0 Å². The lowest BCUT2D eigenvalue weighted by atomic mass is 10.1. The number of benzene rings is 2. The molecule has 1 aliphatic heterocycles. The number of anilines is 1. The highest BCUT2D eigenvalue weighted by molar-refractivity contribution is 8.00. The van der Waals surface area contributed by atoms with E-state index in [1.165, 1.54) is 0 Å². The number of carbonyl (C=O) groups excluding carboxylic acids is 1. The number of hydrogen-bond acceptors (Lipinski definition) is 2. The van der Waals surface area contributed by atoms with Crippen molar-refractivity contribution in [3.63, 3.8) is 0 Å². The van der Waals surface area contributed by atoms with Gasteiger partial charge in [0.1, 0.15) is 5.37 Å². The summed E-state index contributed by atoms with van der Waals surface area (Å²) in [5, 5.41) is 1.08. The number of halogens is 2. The van der Waals surface area contributed by atoms with Gasteiger partial charge in [0.05, 0.1) is 5.75 Å². The Morgan fingerprint density at radius 2 is 1.77 bits per heavy atom. The summed E-state index contributed by atoms with van der Waals surface area (Å²) < 4.78 is 0. The van der Waals surface area contributed by atoms with Crippen molar-refractivity contribution >= 4 is 46.6 Å². The molecular formula is C17H15Cl2NOS. The third kappa shape index (κ3) is 2.98. The number of nitrogens with zero attached hydrogens (tertiary/aromatic N) is 1. The summed E-state index contributed by atoms with van der Waals surface area (Å²) in [6.07, 6.45) is 0. The molecule has 3 rings (SSSR count). The first-order chi connectivity index (χ1) is 10.5. The molecule has 1 atom stereocenters. The minimum absolute atomic E-state index is 0.103. The van der Waals surface area contributed by atoms with Crippen molar-refractivity contribution in [1.29, 1.82) is 0 Å². The molecule has 0 N–H and O–H groups in total. The molecule has 0 aliphatic carbocycles. The molecule has 1 amide bonds. The summed E-state index contributed by atoms with van der Waals surface area (Å²) in [7, 11) is 0. The maximum Gasteiger partial charge on any atom is 0.238 e. The van der Waals surface area contributed by atoms with Gasteiger partial charge in [-0.2, -0.15) is 0 Å². The summed E-state index contributed by atoms with van der Waals surface area (Å²) in [5.41, 5.74) is 4.12. The fraction of sp³-hybridized carbons (Fsp3) is 0.235. The molecule has 2 aromatic rings. The molecule has 1 saturated heterocycles. The Morgan fingerprint density at radius 1 is 1.09 bits per heavy atom. The molecule has 114 valence electrons. The van der Waals surface area contributed by atoms with E-state index in [2.05, 4.69) is 6.07 Å². The van der Waals surface area contributed by atoms with Crippen LogP contribution in [0.15, 0.2) is 36.4 Å². The second kappa shape index (κ2) is 6.15. The molecule has 1 heterocycles. The second-order valence-electron chi connectivity index (χ2n) is 5.44. The van der Waals surface area contributed by atoms with Gasteiger partial charge >= 0.3 is 0 Å². The first kappa shape index (κ1) is 15.7. The molecular weight excluding hydrogens is 337 g/mol. The van der Waals surface area contributed by atoms with Gasteiger partial charge in [-0.1, -0.05) is 35.3 Å². The molecule has 0 spiro atoms. The van der Waals surface area contributed by atoms with Gasteiger partial charge in [-0.3, -0.25) is 9.69 Å². The van der Waals surface area contributed by atoms with Crippen LogP contribution in [0.4, 0.5) is 5.69 Å². The van der Waals surface area contributed by atoms with E-state index in [0.29, 0.717) is 15.8 Å². The zero-order chi connectivity index (χ0) is 15.9. The fourth-order valence-electron chi connectivity index (χ4n) is 2.72. The molecule has 0 aromatic heterocycles. The van der Waals surface area contributed by atoms with E-state index >= 15 is 0 Å². The molecule has 2 aromatic carbocycles. The van der Waals surface area contributed by atoms with Gasteiger partial charge in [0.2, 0.25) is 5.91 Å². The van der Waals surface area contributed by atoms with Gasteiger partial charge in [-0.15, -0.1) is 11.8 Å². The standard InChI is InChI=1S/C17H15Cl2NOS/c1-10-5-11(2)7-13(6-10)20-16(21)9-22-17(20)14-4-3-12(18)8-15(14)19/h3-8,17H,9H2,1-2H3/t17-/m1/s1. The highest BCUT2D eigenvalue weighted by atomic mass is 35.5. The van der Waals surface area contributed by atoms with Gasteiger partial charge in [0.25, 0.3) is 0 Å². The Labute approximate surface area is 144 Å². The topological polar surface area (TPSA) is 20.3 Å². The lowest BCUT2D eigenvalue weighted by Gasteiger charge is -2.26. The van der Waals surface area contributed by atoms with Crippen molar-refractivity contribution < 1.29 is 4.79 Å². The van der Waals surface area contributed by atoms with E-state index in [0.717, 1.165) is 22.4 Å². The second-order valence-corrected chi connectivity index (χ2v) is 7.35. The van der Waals surface area contributed by atoms with E-state index in [1.807, 2.05) is 43.0 Å². The maximum atomic E-state index is 12.4. The summed E-state index contributed by atoms with van der Waals surface area (Å²) >= 11 is 13.9. The molecule has 0 radical (unpaired) electrons. The van der Waals surface area contributed by atoms with E-state index in [4.69, 9.17) is 23.2 Å². The van der Waals surface area contributed by atoms with E-state index < -0.39 is 0 Å². The number of hydrogen-bond donors (Lipinski definition) is 0. The minimum atomic E-state index is -0.113. The Hall–Kier alpha value is -1.16. The first-order valence-corrected chi connectivity index (χ1v) is 8.73. The summed E-state index contributed by atoms with van der Waals surface area (Å²) in [5.74, 6) is 0.558. The van der Waals surface area contributed by atoms with Crippen LogP contribution in [-0.2, 0) is 4.79 Å². The summed E-state index contributed by atoms with van der Waals surface area (Å²) in [6.45, 7) is 4.07. The van der Waals surface area contributed by atoms with E-state index in [1.54, 1.807) is 17.8 Å². The largest absolute Gasteiger partial charge is 0.295 e. The maximum absolute atomic E-state index is 12.4. The monoisotopic (exact) mass is 351 g/mol. The van der Waals surface area contributed by atoms with E-state index in [-0.39, 0.29) is 11.3 Å². The fourth-order valence-corrected chi connectivity index (χ4v) is 4.51. The molecule has 5 heteroatoms. The highest BCUT2D eigenvalue weighted by Gasteiger charge is 2.35. The average Bonchev–Trinajstić information content (AvgIpc) is 2.79. The number of amides is 1. The van der Waals surface area contributed by atoms with Crippen molar-refractivity contribution in [2.75, 3.05) is 10.7 Å².